The predicted molar refractivity (Wildman–Crippen MR) is 50.7 cm³/mol. The smallest absolute Gasteiger partial charge is 0.310 e. The van der Waals surface area contributed by atoms with E-state index in [0.717, 1.165) is 6.42 Å². The van der Waals surface area contributed by atoms with Gasteiger partial charge in [0.15, 0.2) is 5.60 Å². The van der Waals surface area contributed by atoms with Crippen LogP contribution in [0.4, 0.5) is 8.78 Å². The first-order chi connectivity index (χ1) is 7.53. The van der Waals surface area contributed by atoms with E-state index in [1.54, 1.807) is 0 Å². The number of rotatable bonds is 1. The third-order valence-corrected chi connectivity index (χ3v) is 5.33. The molecule has 16 heavy (non-hydrogen) atoms. The van der Waals surface area contributed by atoms with Gasteiger partial charge in [0.1, 0.15) is 0 Å². The van der Waals surface area contributed by atoms with Gasteiger partial charge < -0.3 is 4.74 Å². The molecule has 3 saturated carbocycles. The topological polar surface area (TPSA) is 26.3 Å². The molecular weight excluding hydrogens is 214 g/mol. The molecular formula is C12H12F2O2. The quantitative estimate of drug-likeness (QED) is 0.505. The Labute approximate surface area is 91.6 Å². The number of hydrogen-bond donors (Lipinski definition) is 0. The van der Waals surface area contributed by atoms with Gasteiger partial charge in [-0.15, -0.1) is 0 Å². The molecule has 5 unspecified atom stereocenters. The summed E-state index contributed by atoms with van der Waals surface area (Å²) < 4.78 is 33.8. The zero-order chi connectivity index (χ0) is 11.3. The monoisotopic (exact) mass is 226 g/mol. The van der Waals surface area contributed by atoms with Crippen LogP contribution in [0.5, 0.6) is 0 Å². The molecule has 0 aromatic carbocycles. The third-order valence-electron chi connectivity index (χ3n) is 5.33. The van der Waals surface area contributed by atoms with Crippen LogP contribution in [0, 0.1) is 29.6 Å². The Morgan fingerprint density at radius 1 is 1.44 bits per heavy atom. The molecule has 0 N–H and O–H groups in total. The summed E-state index contributed by atoms with van der Waals surface area (Å²) in [6.07, 6.45) is 2.46. The molecule has 4 rings (SSSR count). The SMILES string of the molecule is C=C[C@@]12OC(=O)C3C4CC(C(C4)C1(F)F)C32. The van der Waals surface area contributed by atoms with Crippen molar-refractivity contribution in [3.8, 4) is 0 Å². The summed E-state index contributed by atoms with van der Waals surface area (Å²) in [5.41, 5.74) is -1.69. The molecule has 4 aliphatic rings. The molecule has 3 aliphatic carbocycles. The summed E-state index contributed by atoms with van der Waals surface area (Å²) >= 11 is 0. The van der Waals surface area contributed by atoms with Crippen molar-refractivity contribution in [1.82, 2.24) is 0 Å². The van der Waals surface area contributed by atoms with Crippen LogP contribution < -0.4 is 0 Å². The Morgan fingerprint density at radius 2 is 2.19 bits per heavy atom. The van der Waals surface area contributed by atoms with Gasteiger partial charge in [-0.05, 0) is 30.8 Å². The number of halogens is 2. The Balaban J connectivity index is 1.99. The van der Waals surface area contributed by atoms with Crippen molar-refractivity contribution in [3.05, 3.63) is 12.7 Å². The van der Waals surface area contributed by atoms with Gasteiger partial charge in [0.2, 0.25) is 0 Å². The maximum atomic E-state index is 14.3. The van der Waals surface area contributed by atoms with Gasteiger partial charge in [-0.1, -0.05) is 6.58 Å². The van der Waals surface area contributed by atoms with Crippen LogP contribution in [-0.2, 0) is 9.53 Å². The molecule has 2 nitrogen and oxygen atoms in total. The van der Waals surface area contributed by atoms with E-state index in [9.17, 15) is 13.6 Å². The molecule has 4 fully saturated rings. The van der Waals surface area contributed by atoms with Crippen molar-refractivity contribution in [2.75, 3.05) is 0 Å². The predicted octanol–water partition coefficient (Wildman–Crippen LogP) is 2.01. The molecule has 1 aliphatic heterocycles. The van der Waals surface area contributed by atoms with Crippen molar-refractivity contribution >= 4 is 5.97 Å². The van der Waals surface area contributed by atoms with Crippen LogP contribution >= 0.6 is 0 Å². The highest BCUT2D eigenvalue weighted by molar-refractivity contribution is 5.79. The van der Waals surface area contributed by atoms with E-state index < -0.39 is 23.4 Å². The number of fused-ring (bicyclic) bond motifs is 2. The van der Waals surface area contributed by atoms with Crippen molar-refractivity contribution in [1.29, 1.82) is 0 Å². The fraction of sp³-hybridized carbons (Fsp3) is 0.750. The Hall–Kier alpha value is -0.930. The van der Waals surface area contributed by atoms with Crippen LogP contribution in [0.3, 0.4) is 0 Å². The summed E-state index contributed by atoms with van der Waals surface area (Å²) in [6.45, 7) is 3.50. The lowest BCUT2D eigenvalue weighted by Gasteiger charge is -2.32. The first-order valence-corrected chi connectivity index (χ1v) is 5.77. The minimum absolute atomic E-state index is 0.0329. The fourth-order valence-corrected chi connectivity index (χ4v) is 4.90. The molecule has 0 aromatic heterocycles. The molecule has 2 bridgehead atoms. The zero-order valence-corrected chi connectivity index (χ0v) is 8.66. The second-order valence-corrected chi connectivity index (χ2v) is 5.59. The summed E-state index contributed by atoms with van der Waals surface area (Å²) in [5, 5.41) is 0. The van der Waals surface area contributed by atoms with E-state index in [0.29, 0.717) is 6.42 Å². The van der Waals surface area contributed by atoms with Crippen molar-refractivity contribution in [2.24, 2.45) is 29.6 Å². The average molecular weight is 226 g/mol. The van der Waals surface area contributed by atoms with E-state index in [1.807, 2.05) is 0 Å². The lowest BCUT2D eigenvalue weighted by atomic mass is 9.78. The van der Waals surface area contributed by atoms with Gasteiger partial charge in [0.25, 0.3) is 5.92 Å². The number of esters is 1. The highest BCUT2D eigenvalue weighted by atomic mass is 19.3. The average Bonchev–Trinajstić information content (AvgIpc) is 2.88. The van der Waals surface area contributed by atoms with Crippen LogP contribution in [0.2, 0.25) is 0 Å². The summed E-state index contributed by atoms with van der Waals surface area (Å²) in [5.74, 6) is -4.43. The molecule has 6 atom stereocenters. The standard InChI is InChI=1S/C12H12F2O2/c1-2-11-9-6-3-5(8(9)10(15)16-11)4-7(6)12(11,13)14/h2,5-9H,1,3-4H2/t5?,6?,7?,8?,9?,11-/m0/s1. The maximum Gasteiger partial charge on any atom is 0.310 e. The molecule has 86 valence electrons. The number of carbonyl (C=O) groups is 1. The normalized spacial score (nSPS) is 59.1. The minimum Gasteiger partial charge on any atom is -0.448 e. The van der Waals surface area contributed by atoms with E-state index >= 15 is 0 Å². The molecule has 0 aromatic rings. The number of ether oxygens (including phenoxy) is 1. The summed E-state index contributed by atoms with van der Waals surface area (Å²) in [4.78, 5) is 11.7. The van der Waals surface area contributed by atoms with Gasteiger partial charge in [-0.2, -0.15) is 0 Å². The zero-order valence-electron chi connectivity index (χ0n) is 8.66. The Bertz CT molecular complexity index is 419. The van der Waals surface area contributed by atoms with Gasteiger partial charge in [-0.3, -0.25) is 4.79 Å². The summed E-state index contributed by atoms with van der Waals surface area (Å²) in [6, 6.07) is 0. The van der Waals surface area contributed by atoms with E-state index in [-0.39, 0.29) is 23.7 Å². The van der Waals surface area contributed by atoms with Crippen LogP contribution in [0.25, 0.3) is 0 Å². The largest absolute Gasteiger partial charge is 0.448 e. The molecule has 4 heteroatoms. The van der Waals surface area contributed by atoms with Gasteiger partial charge in [0.05, 0.1) is 5.92 Å². The first kappa shape index (κ1) is 9.14. The van der Waals surface area contributed by atoms with Crippen molar-refractivity contribution in [3.63, 3.8) is 0 Å². The molecule has 0 spiro atoms. The van der Waals surface area contributed by atoms with Crippen LogP contribution in [0.1, 0.15) is 12.8 Å². The number of alkyl halides is 2. The maximum absolute atomic E-state index is 14.3. The third kappa shape index (κ3) is 0.606. The van der Waals surface area contributed by atoms with Gasteiger partial charge >= 0.3 is 5.97 Å². The fourth-order valence-electron chi connectivity index (χ4n) is 4.90. The van der Waals surface area contributed by atoms with Crippen molar-refractivity contribution < 1.29 is 18.3 Å². The number of hydrogen-bond acceptors (Lipinski definition) is 2. The minimum atomic E-state index is -2.92. The lowest BCUT2D eigenvalue weighted by molar-refractivity contribution is -0.189. The van der Waals surface area contributed by atoms with E-state index in [1.165, 1.54) is 6.08 Å². The first-order valence-electron chi connectivity index (χ1n) is 5.77. The van der Waals surface area contributed by atoms with Crippen LogP contribution in [-0.4, -0.2) is 17.5 Å². The van der Waals surface area contributed by atoms with E-state index in [2.05, 4.69) is 6.58 Å². The number of carbonyl (C=O) groups excluding carboxylic acids is 1. The van der Waals surface area contributed by atoms with Gasteiger partial charge in [-0.25, -0.2) is 8.78 Å². The van der Waals surface area contributed by atoms with Crippen molar-refractivity contribution in [2.45, 2.75) is 24.4 Å². The Morgan fingerprint density at radius 3 is 2.88 bits per heavy atom. The lowest BCUT2D eigenvalue weighted by Crippen LogP contribution is -2.47. The van der Waals surface area contributed by atoms with E-state index in [4.69, 9.17) is 4.74 Å². The van der Waals surface area contributed by atoms with Gasteiger partial charge in [0, 0.05) is 11.8 Å². The molecule has 1 saturated heterocycles. The Kier molecular flexibility index (Phi) is 1.25. The second kappa shape index (κ2) is 2.20. The molecule has 1 heterocycles. The highest BCUT2D eigenvalue weighted by Gasteiger charge is 2.84. The van der Waals surface area contributed by atoms with Crippen LogP contribution in [0.15, 0.2) is 12.7 Å². The summed E-state index contributed by atoms with van der Waals surface area (Å²) in [7, 11) is 0. The second-order valence-electron chi connectivity index (χ2n) is 5.59. The molecule has 0 radical (unpaired) electrons. The molecule has 0 amide bonds. The highest BCUT2D eigenvalue weighted by Crippen LogP contribution is 2.74.